The summed E-state index contributed by atoms with van der Waals surface area (Å²) in [5.74, 6) is -0.0179. The minimum absolute atomic E-state index is 0.0624. The number of anilines is 1. The number of benzene rings is 1. The van der Waals surface area contributed by atoms with Gasteiger partial charge in [0.1, 0.15) is 0 Å². The van der Waals surface area contributed by atoms with Crippen molar-refractivity contribution >= 4 is 11.9 Å². The van der Waals surface area contributed by atoms with Gasteiger partial charge in [0.05, 0.1) is 18.9 Å². The Morgan fingerprint density at radius 3 is 2.69 bits per heavy atom. The first-order chi connectivity index (χ1) is 15.6. The second-order valence-corrected chi connectivity index (χ2v) is 8.40. The second kappa shape index (κ2) is 10.4. The van der Waals surface area contributed by atoms with Crippen LogP contribution in [-0.2, 0) is 17.8 Å². The lowest BCUT2D eigenvalue weighted by molar-refractivity contribution is -0.136. The van der Waals surface area contributed by atoms with Gasteiger partial charge in [-0.25, -0.2) is 9.97 Å². The van der Waals surface area contributed by atoms with Gasteiger partial charge in [-0.05, 0) is 23.6 Å². The number of hydrogen-bond acceptors (Lipinski definition) is 6. The molecular formula is C25H30N4O3. The maximum Gasteiger partial charge on any atom is 0.307 e. The third kappa shape index (κ3) is 5.53. The van der Waals surface area contributed by atoms with Crippen LogP contribution in [0.1, 0.15) is 37.3 Å². The van der Waals surface area contributed by atoms with Crippen LogP contribution in [0.3, 0.4) is 0 Å². The number of hydrogen-bond donors (Lipinski definition) is 1. The molecule has 2 aromatic heterocycles. The average Bonchev–Trinajstić information content (AvgIpc) is 3.33. The number of rotatable bonds is 9. The molecule has 1 atom stereocenters. The Bertz CT molecular complexity index is 1000. The molecule has 0 bridgehead atoms. The van der Waals surface area contributed by atoms with E-state index < -0.39 is 5.97 Å². The Morgan fingerprint density at radius 2 is 1.97 bits per heavy atom. The summed E-state index contributed by atoms with van der Waals surface area (Å²) in [5, 5.41) is 9.07. The molecule has 1 fully saturated rings. The number of aromatic nitrogens is 2. The molecule has 168 valence electrons. The van der Waals surface area contributed by atoms with Crippen molar-refractivity contribution in [2.75, 3.05) is 24.5 Å². The molecule has 1 aliphatic rings. The van der Waals surface area contributed by atoms with Gasteiger partial charge in [-0.15, -0.1) is 0 Å². The molecule has 3 heterocycles. The molecule has 7 heteroatoms. The van der Waals surface area contributed by atoms with Crippen LogP contribution < -0.4 is 4.90 Å². The zero-order valence-corrected chi connectivity index (χ0v) is 18.5. The van der Waals surface area contributed by atoms with Gasteiger partial charge < -0.3 is 14.4 Å². The van der Waals surface area contributed by atoms with Crippen LogP contribution in [0, 0.1) is 0 Å². The number of aliphatic carboxylic acids is 1. The minimum Gasteiger partial charge on any atom is -0.481 e. The lowest BCUT2D eigenvalue weighted by Crippen LogP contribution is -2.53. The van der Waals surface area contributed by atoms with Crippen molar-refractivity contribution in [3.63, 3.8) is 0 Å². The fourth-order valence-electron chi connectivity index (χ4n) is 4.33. The molecule has 3 aromatic rings. The first kappa shape index (κ1) is 22.0. The molecule has 1 N–H and O–H groups in total. The molecule has 1 aliphatic heterocycles. The van der Waals surface area contributed by atoms with Gasteiger partial charge in [0.25, 0.3) is 0 Å². The SMILES string of the molecule is CCCC[C@@H]1CN(Cc2cccc(CC(=O)O)c2)CCN1c1ncc(-c2ccoc2)cn1. The molecule has 0 spiro atoms. The van der Waals surface area contributed by atoms with Gasteiger partial charge in [0, 0.05) is 55.7 Å². The van der Waals surface area contributed by atoms with E-state index in [1.54, 1.807) is 12.5 Å². The van der Waals surface area contributed by atoms with Crippen molar-refractivity contribution in [2.45, 2.75) is 45.2 Å². The lowest BCUT2D eigenvalue weighted by atomic mass is 10.0. The normalized spacial score (nSPS) is 16.9. The van der Waals surface area contributed by atoms with Crippen LogP contribution in [0.2, 0.25) is 0 Å². The van der Waals surface area contributed by atoms with Gasteiger partial charge in [-0.3, -0.25) is 9.69 Å². The van der Waals surface area contributed by atoms with Crippen LogP contribution >= 0.6 is 0 Å². The molecule has 0 saturated carbocycles. The molecule has 0 radical (unpaired) electrons. The molecule has 4 rings (SSSR count). The number of carboxylic acids is 1. The summed E-state index contributed by atoms with van der Waals surface area (Å²) in [5.41, 5.74) is 3.94. The summed E-state index contributed by atoms with van der Waals surface area (Å²) >= 11 is 0. The second-order valence-electron chi connectivity index (χ2n) is 8.40. The largest absolute Gasteiger partial charge is 0.481 e. The summed E-state index contributed by atoms with van der Waals surface area (Å²) in [7, 11) is 0. The van der Waals surface area contributed by atoms with Crippen molar-refractivity contribution < 1.29 is 14.3 Å². The van der Waals surface area contributed by atoms with E-state index in [1.807, 2.05) is 36.7 Å². The molecule has 0 amide bonds. The molecular weight excluding hydrogens is 404 g/mol. The third-order valence-corrected chi connectivity index (χ3v) is 5.96. The highest BCUT2D eigenvalue weighted by Crippen LogP contribution is 2.24. The number of carboxylic acid groups (broad SMARTS) is 1. The molecule has 7 nitrogen and oxygen atoms in total. The van der Waals surface area contributed by atoms with E-state index in [-0.39, 0.29) is 6.42 Å². The summed E-state index contributed by atoms with van der Waals surface area (Å²) in [6.07, 6.45) is 10.6. The maximum atomic E-state index is 11.0. The average molecular weight is 435 g/mol. The first-order valence-electron chi connectivity index (χ1n) is 11.3. The summed E-state index contributed by atoms with van der Waals surface area (Å²) in [6.45, 7) is 5.77. The number of furan rings is 1. The monoisotopic (exact) mass is 434 g/mol. The van der Waals surface area contributed by atoms with E-state index in [0.29, 0.717) is 6.04 Å². The van der Waals surface area contributed by atoms with Gasteiger partial charge in [-0.1, -0.05) is 44.0 Å². The van der Waals surface area contributed by atoms with E-state index in [4.69, 9.17) is 9.52 Å². The molecule has 32 heavy (non-hydrogen) atoms. The summed E-state index contributed by atoms with van der Waals surface area (Å²) in [4.78, 5) is 25.2. The van der Waals surface area contributed by atoms with Crippen molar-refractivity contribution in [2.24, 2.45) is 0 Å². The van der Waals surface area contributed by atoms with Crippen molar-refractivity contribution in [1.29, 1.82) is 0 Å². The summed E-state index contributed by atoms with van der Waals surface area (Å²) < 4.78 is 5.16. The lowest BCUT2D eigenvalue weighted by Gasteiger charge is -2.41. The Hall–Kier alpha value is -3.19. The predicted molar refractivity (Wildman–Crippen MR) is 123 cm³/mol. The van der Waals surface area contributed by atoms with Gasteiger partial charge in [0.2, 0.25) is 5.95 Å². The van der Waals surface area contributed by atoms with Crippen LogP contribution in [0.15, 0.2) is 59.7 Å². The Kier molecular flexibility index (Phi) is 7.17. The van der Waals surface area contributed by atoms with Crippen LogP contribution in [0.5, 0.6) is 0 Å². The number of carbonyl (C=O) groups is 1. The van der Waals surface area contributed by atoms with Gasteiger partial charge >= 0.3 is 5.97 Å². The van der Waals surface area contributed by atoms with E-state index in [0.717, 1.165) is 73.6 Å². The fourth-order valence-corrected chi connectivity index (χ4v) is 4.33. The number of nitrogens with zero attached hydrogens (tertiary/aromatic N) is 4. The highest BCUT2D eigenvalue weighted by atomic mass is 16.4. The van der Waals surface area contributed by atoms with E-state index in [1.165, 1.54) is 0 Å². The van der Waals surface area contributed by atoms with Gasteiger partial charge in [0.15, 0.2) is 0 Å². The Morgan fingerprint density at radius 1 is 1.16 bits per heavy atom. The number of piperazine rings is 1. The first-order valence-corrected chi connectivity index (χ1v) is 11.3. The van der Waals surface area contributed by atoms with Crippen molar-refractivity contribution in [1.82, 2.24) is 14.9 Å². The zero-order chi connectivity index (χ0) is 22.3. The topological polar surface area (TPSA) is 82.7 Å². The quantitative estimate of drug-likeness (QED) is 0.539. The molecule has 0 unspecified atom stereocenters. The van der Waals surface area contributed by atoms with E-state index in [2.05, 4.69) is 32.8 Å². The summed E-state index contributed by atoms with van der Waals surface area (Å²) in [6, 6.07) is 10.2. The van der Waals surface area contributed by atoms with Crippen LogP contribution in [0.4, 0.5) is 5.95 Å². The molecule has 0 aliphatic carbocycles. The maximum absolute atomic E-state index is 11.0. The third-order valence-electron chi connectivity index (χ3n) is 5.96. The van der Waals surface area contributed by atoms with Crippen molar-refractivity contribution in [3.8, 4) is 11.1 Å². The molecule has 1 aromatic carbocycles. The minimum atomic E-state index is -0.797. The van der Waals surface area contributed by atoms with Crippen LogP contribution in [-0.4, -0.2) is 51.6 Å². The molecule has 1 saturated heterocycles. The highest BCUT2D eigenvalue weighted by molar-refractivity contribution is 5.70. The number of unbranched alkanes of at least 4 members (excludes halogenated alkanes) is 1. The standard InChI is InChI=1S/C25H30N4O3/c1-2-3-7-23-17-28(16-20-6-4-5-19(12-20)13-24(30)31)9-10-29(23)25-26-14-22(15-27-25)21-8-11-32-18-21/h4-6,8,11-12,14-15,18,23H,2-3,7,9-10,13,16-17H2,1H3,(H,30,31)/t23-/m1/s1. The van der Waals surface area contributed by atoms with E-state index >= 15 is 0 Å². The smallest absolute Gasteiger partial charge is 0.307 e. The van der Waals surface area contributed by atoms with Crippen LogP contribution in [0.25, 0.3) is 11.1 Å². The Labute approximate surface area is 188 Å². The highest BCUT2D eigenvalue weighted by Gasteiger charge is 2.28. The fraction of sp³-hybridized carbons (Fsp3) is 0.400. The van der Waals surface area contributed by atoms with E-state index in [9.17, 15) is 4.79 Å². The predicted octanol–water partition coefficient (Wildman–Crippen LogP) is 4.24. The van der Waals surface area contributed by atoms with Crippen molar-refractivity contribution in [3.05, 3.63) is 66.4 Å². The Balaban J connectivity index is 1.44. The zero-order valence-electron chi connectivity index (χ0n) is 18.5. The van der Waals surface area contributed by atoms with Gasteiger partial charge in [-0.2, -0.15) is 0 Å².